The average Bonchev–Trinajstić information content (AvgIpc) is 2.82. The summed E-state index contributed by atoms with van der Waals surface area (Å²) < 4.78 is 14.6. The summed E-state index contributed by atoms with van der Waals surface area (Å²) in [6.07, 6.45) is 1.85. The van der Waals surface area contributed by atoms with Crippen LogP contribution in [0.5, 0.6) is 0 Å². The van der Waals surface area contributed by atoms with Gasteiger partial charge in [0.2, 0.25) is 5.95 Å². The van der Waals surface area contributed by atoms with Gasteiger partial charge in [0.1, 0.15) is 0 Å². The molecule has 0 atom stereocenters. The van der Waals surface area contributed by atoms with Crippen LogP contribution < -0.4 is 5.69 Å². The van der Waals surface area contributed by atoms with Crippen LogP contribution in [0, 0.1) is 5.95 Å². The quantitative estimate of drug-likeness (QED) is 0.746. The van der Waals surface area contributed by atoms with E-state index in [0.717, 1.165) is 0 Å². The van der Waals surface area contributed by atoms with Gasteiger partial charge in [-0.1, -0.05) is 13.0 Å². The second-order valence-electron chi connectivity index (χ2n) is 4.85. The van der Waals surface area contributed by atoms with Crippen molar-refractivity contribution in [3.63, 3.8) is 0 Å². The molecule has 7 heteroatoms. The van der Waals surface area contributed by atoms with Crippen molar-refractivity contribution < 1.29 is 9.18 Å². The van der Waals surface area contributed by atoms with Crippen molar-refractivity contribution in [3.05, 3.63) is 46.9 Å². The summed E-state index contributed by atoms with van der Waals surface area (Å²) in [6, 6.07) is 6.12. The molecule has 0 saturated heterocycles. The summed E-state index contributed by atoms with van der Waals surface area (Å²) in [5.74, 6) is -0.650. The van der Waals surface area contributed by atoms with Crippen LogP contribution in [-0.4, -0.2) is 25.3 Å². The van der Waals surface area contributed by atoms with Gasteiger partial charge >= 0.3 is 5.69 Å². The van der Waals surface area contributed by atoms with E-state index >= 15 is 0 Å². The highest BCUT2D eigenvalue weighted by Gasteiger charge is 2.12. The first-order valence-corrected chi connectivity index (χ1v) is 6.81. The third-order valence-electron chi connectivity index (χ3n) is 3.37. The summed E-state index contributed by atoms with van der Waals surface area (Å²) >= 11 is 0. The molecule has 3 aromatic rings. The smallest absolute Gasteiger partial charge is 0.298 e. The molecule has 0 aliphatic carbocycles. The molecule has 0 aliphatic rings. The zero-order valence-corrected chi connectivity index (χ0v) is 11.8. The number of rotatable bonds is 4. The van der Waals surface area contributed by atoms with E-state index < -0.39 is 11.6 Å². The third kappa shape index (κ3) is 2.52. The van der Waals surface area contributed by atoms with Gasteiger partial charge in [-0.2, -0.15) is 4.39 Å². The molecule has 3 heterocycles. The predicted octanol–water partition coefficient (Wildman–Crippen LogP) is 1.90. The number of nitrogens with zero attached hydrogens (tertiary/aromatic N) is 3. The number of ketones is 1. The van der Waals surface area contributed by atoms with Gasteiger partial charge in [0.05, 0.1) is 17.8 Å². The number of imidazole rings is 1. The molecule has 0 spiro atoms. The highest BCUT2D eigenvalue weighted by Crippen LogP contribution is 2.20. The Kier molecular flexibility index (Phi) is 3.54. The maximum Gasteiger partial charge on any atom is 0.328 e. The summed E-state index contributed by atoms with van der Waals surface area (Å²) in [7, 11) is 0. The molecule has 0 saturated carbocycles. The van der Waals surface area contributed by atoms with E-state index in [9.17, 15) is 14.0 Å². The van der Waals surface area contributed by atoms with Crippen molar-refractivity contribution in [3.8, 4) is 11.3 Å². The number of Topliss-reactive ketones (excluding diaryl/α,β-unsaturated/α-hetero) is 1. The first kappa shape index (κ1) is 14.1. The van der Waals surface area contributed by atoms with Gasteiger partial charge in [-0.05, 0) is 18.2 Å². The number of fused-ring (bicyclic) bond motifs is 1. The van der Waals surface area contributed by atoms with Gasteiger partial charge in [-0.25, -0.2) is 14.8 Å². The molecule has 112 valence electrons. The van der Waals surface area contributed by atoms with Gasteiger partial charge in [0.25, 0.3) is 0 Å². The molecule has 22 heavy (non-hydrogen) atoms. The van der Waals surface area contributed by atoms with Gasteiger partial charge < -0.3 is 0 Å². The number of hydrogen-bond acceptors (Lipinski definition) is 4. The number of aromatic amines is 1. The lowest BCUT2D eigenvalue weighted by Crippen LogP contribution is -2.21. The van der Waals surface area contributed by atoms with Crippen LogP contribution in [0.3, 0.4) is 0 Å². The van der Waals surface area contributed by atoms with E-state index in [1.54, 1.807) is 25.1 Å². The molecule has 0 radical (unpaired) electrons. The Morgan fingerprint density at radius 2 is 2.23 bits per heavy atom. The number of carbonyl (C=O) groups is 1. The van der Waals surface area contributed by atoms with Gasteiger partial charge in [-0.3, -0.25) is 14.3 Å². The van der Waals surface area contributed by atoms with E-state index in [0.29, 0.717) is 28.8 Å². The molecule has 0 bridgehead atoms. The third-order valence-corrected chi connectivity index (χ3v) is 3.37. The first-order chi connectivity index (χ1) is 10.6. The monoisotopic (exact) mass is 300 g/mol. The molecule has 0 aromatic carbocycles. The van der Waals surface area contributed by atoms with Crippen LogP contribution in [0.1, 0.15) is 13.3 Å². The predicted molar refractivity (Wildman–Crippen MR) is 78.8 cm³/mol. The number of aromatic nitrogens is 4. The number of pyridine rings is 2. The fourth-order valence-corrected chi connectivity index (χ4v) is 2.19. The Hall–Kier alpha value is -2.83. The lowest BCUT2D eigenvalue weighted by molar-refractivity contribution is -0.119. The number of nitrogens with one attached hydrogen (secondary N) is 1. The largest absolute Gasteiger partial charge is 0.328 e. The molecule has 0 aliphatic heterocycles. The molecule has 3 aromatic heterocycles. The van der Waals surface area contributed by atoms with Crippen molar-refractivity contribution in [2.24, 2.45) is 0 Å². The minimum Gasteiger partial charge on any atom is -0.298 e. The zero-order valence-electron chi connectivity index (χ0n) is 11.8. The summed E-state index contributed by atoms with van der Waals surface area (Å²) in [6.45, 7) is 1.72. The van der Waals surface area contributed by atoms with Crippen molar-refractivity contribution >= 4 is 16.9 Å². The normalized spacial score (nSPS) is 11.0. The zero-order chi connectivity index (χ0) is 15.7. The molecular weight excluding hydrogens is 287 g/mol. The molecule has 6 nitrogen and oxygen atoms in total. The number of hydrogen-bond donors (Lipinski definition) is 1. The summed E-state index contributed by atoms with van der Waals surface area (Å²) in [5, 5.41) is 0. The average molecular weight is 300 g/mol. The van der Waals surface area contributed by atoms with E-state index in [1.807, 2.05) is 0 Å². The fraction of sp³-hybridized carbons (Fsp3) is 0.200. The topological polar surface area (TPSA) is 80.6 Å². The Bertz CT molecular complexity index is 913. The maximum absolute atomic E-state index is 13.2. The molecule has 0 unspecified atom stereocenters. The molecule has 1 N–H and O–H groups in total. The Morgan fingerprint density at radius 1 is 1.41 bits per heavy atom. The minimum atomic E-state index is -0.592. The van der Waals surface area contributed by atoms with Crippen molar-refractivity contribution in [2.75, 3.05) is 0 Å². The van der Waals surface area contributed by atoms with Crippen LogP contribution in [-0.2, 0) is 11.3 Å². The Labute approximate surface area is 124 Å². The Balaban J connectivity index is 2.14. The van der Waals surface area contributed by atoms with Gasteiger partial charge in [0, 0.05) is 18.2 Å². The SMILES string of the molecule is CCC(=O)Cn1c(=O)[nH]c2ncc(-c3cccc(F)n3)cc21. The van der Waals surface area contributed by atoms with Crippen LogP contribution in [0.25, 0.3) is 22.4 Å². The second-order valence-corrected chi connectivity index (χ2v) is 4.85. The van der Waals surface area contributed by atoms with Gasteiger partial charge in [-0.15, -0.1) is 0 Å². The lowest BCUT2D eigenvalue weighted by Gasteiger charge is -2.03. The number of halogens is 1. The van der Waals surface area contributed by atoms with Crippen LogP contribution in [0.2, 0.25) is 0 Å². The minimum absolute atomic E-state index is 0.0168. The van der Waals surface area contributed by atoms with Crippen LogP contribution in [0.4, 0.5) is 4.39 Å². The maximum atomic E-state index is 13.2. The molecular formula is C15H13FN4O2. The van der Waals surface area contributed by atoms with E-state index in [2.05, 4.69) is 15.0 Å². The summed E-state index contributed by atoms with van der Waals surface area (Å²) in [4.78, 5) is 34.1. The standard InChI is InChI=1S/C15H13FN4O2/c1-2-10(21)8-20-12-6-9(7-17-14(12)19-15(20)22)11-4-3-5-13(16)18-11/h3-7H,2,8H2,1H3,(H,17,19,22). The molecule has 0 amide bonds. The lowest BCUT2D eigenvalue weighted by atomic mass is 10.2. The van der Waals surface area contributed by atoms with E-state index in [4.69, 9.17) is 0 Å². The second kappa shape index (κ2) is 5.51. The highest BCUT2D eigenvalue weighted by atomic mass is 19.1. The first-order valence-electron chi connectivity index (χ1n) is 6.81. The number of H-pyrrole nitrogens is 1. The van der Waals surface area contributed by atoms with Crippen LogP contribution >= 0.6 is 0 Å². The van der Waals surface area contributed by atoms with E-state index in [-0.39, 0.29) is 12.3 Å². The molecule has 3 rings (SSSR count). The Morgan fingerprint density at radius 3 is 2.95 bits per heavy atom. The van der Waals surface area contributed by atoms with Crippen molar-refractivity contribution in [1.82, 2.24) is 19.5 Å². The summed E-state index contributed by atoms with van der Waals surface area (Å²) in [5.41, 5.74) is 1.47. The number of carbonyl (C=O) groups excluding carboxylic acids is 1. The van der Waals surface area contributed by atoms with Gasteiger partial charge in [0.15, 0.2) is 11.4 Å². The fourth-order valence-electron chi connectivity index (χ4n) is 2.19. The van der Waals surface area contributed by atoms with Crippen molar-refractivity contribution in [2.45, 2.75) is 19.9 Å². The highest BCUT2D eigenvalue weighted by molar-refractivity contribution is 5.82. The van der Waals surface area contributed by atoms with Crippen LogP contribution in [0.15, 0.2) is 35.3 Å². The van der Waals surface area contributed by atoms with E-state index in [1.165, 1.54) is 16.8 Å². The molecule has 0 fully saturated rings. The van der Waals surface area contributed by atoms with Crippen molar-refractivity contribution in [1.29, 1.82) is 0 Å².